The first-order valence-corrected chi connectivity index (χ1v) is 19.3. The van der Waals surface area contributed by atoms with Crippen molar-refractivity contribution in [3.63, 3.8) is 0 Å². The van der Waals surface area contributed by atoms with Gasteiger partial charge in [-0.3, -0.25) is 14.6 Å². The minimum Gasteiger partial charge on any atom is -0.490 e. The second-order valence-electron chi connectivity index (χ2n) is 17.9. The highest BCUT2D eigenvalue weighted by Crippen LogP contribution is 2.28. The third kappa shape index (κ3) is 13.4. The Morgan fingerprint density at radius 3 is 1.83 bits per heavy atom. The van der Waals surface area contributed by atoms with Crippen LogP contribution in [-0.2, 0) is 28.6 Å². The lowest BCUT2D eigenvalue weighted by atomic mass is 9.97. The number of guanidine groups is 1. The summed E-state index contributed by atoms with van der Waals surface area (Å²) in [6.45, 7) is 20.1. The molecule has 17 nitrogen and oxygen atoms in total. The van der Waals surface area contributed by atoms with Crippen molar-refractivity contribution < 1.29 is 57.3 Å². The zero-order chi connectivity index (χ0) is 44.1. The molecular formula is C42H57N5O12. The minimum atomic E-state index is -1.49. The molecule has 2 aromatic rings. The smallest absolute Gasteiger partial charge is 0.417 e. The van der Waals surface area contributed by atoms with Crippen LogP contribution in [0.2, 0.25) is 0 Å². The largest absolute Gasteiger partial charge is 0.490 e. The van der Waals surface area contributed by atoms with Crippen LogP contribution in [0.5, 0.6) is 5.75 Å². The first-order valence-electron chi connectivity index (χ1n) is 19.3. The van der Waals surface area contributed by atoms with E-state index >= 15 is 0 Å². The van der Waals surface area contributed by atoms with Gasteiger partial charge in [0.1, 0.15) is 34.8 Å². The Labute approximate surface area is 345 Å². The lowest BCUT2D eigenvalue weighted by molar-refractivity contribution is -0.193. The van der Waals surface area contributed by atoms with Crippen molar-refractivity contribution in [2.24, 2.45) is 4.99 Å². The minimum absolute atomic E-state index is 0.0121. The van der Waals surface area contributed by atoms with Gasteiger partial charge in [-0.1, -0.05) is 24.3 Å². The zero-order valence-electron chi connectivity index (χ0n) is 36.0. The standard InChI is InChI=1S/C42H57N5O12/c1-39(2,3)55-34(50)31(59-47-32(48)29-15-13-14-16-30(29)33(47)49)25-54-28-19-17-26(18-20-28)27-23-44-35(46(24-27)38(53)58-42(10,11)12)45(37(52)57-41(7,8)9)22-21-43-36(51)56-40(4,5)6/h13-20,27,31H,21-25H2,1-12H3,(H,43,51)/t27?,31-/m0/s1. The van der Waals surface area contributed by atoms with Crippen LogP contribution in [0.4, 0.5) is 14.4 Å². The summed E-state index contributed by atoms with van der Waals surface area (Å²) in [5, 5.41) is 3.17. The molecule has 0 aliphatic carbocycles. The predicted octanol–water partition coefficient (Wildman–Crippen LogP) is 6.46. The van der Waals surface area contributed by atoms with Gasteiger partial charge in [0, 0.05) is 25.6 Å². The summed E-state index contributed by atoms with van der Waals surface area (Å²) in [6, 6.07) is 13.0. The molecule has 5 amide bonds. The van der Waals surface area contributed by atoms with E-state index in [4.69, 9.17) is 33.5 Å². The number of hydrogen-bond donors (Lipinski definition) is 1. The van der Waals surface area contributed by atoms with E-state index in [1.807, 2.05) is 0 Å². The van der Waals surface area contributed by atoms with Crippen molar-refractivity contribution in [2.45, 2.75) is 118 Å². The topological polar surface area (TPSA) is 192 Å². The first kappa shape index (κ1) is 46.0. The highest BCUT2D eigenvalue weighted by Gasteiger charge is 2.41. The molecule has 2 aromatic carbocycles. The van der Waals surface area contributed by atoms with Crippen LogP contribution in [-0.4, -0.2) is 118 Å². The highest BCUT2D eigenvalue weighted by molar-refractivity contribution is 6.20. The quantitative estimate of drug-likeness (QED) is 0.157. The molecule has 1 unspecified atom stereocenters. The molecule has 4 rings (SSSR count). The Hall–Kier alpha value is -5.71. The number of alkyl carbamates (subject to hydrolysis) is 1. The number of aliphatic imine (C=N–C) groups is 1. The van der Waals surface area contributed by atoms with Gasteiger partial charge in [-0.15, -0.1) is 5.06 Å². The summed E-state index contributed by atoms with van der Waals surface area (Å²) in [4.78, 5) is 91.8. The highest BCUT2D eigenvalue weighted by atomic mass is 16.7. The van der Waals surface area contributed by atoms with Gasteiger partial charge in [0.15, 0.2) is 0 Å². The third-order valence-electron chi connectivity index (χ3n) is 7.98. The molecule has 1 N–H and O–H groups in total. The fourth-order valence-corrected chi connectivity index (χ4v) is 5.63. The fraction of sp³-hybridized carbons (Fsp3) is 0.548. The molecule has 0 aromatic heterocycles. The van der Waals surface area contributed by atoms with Gasteiger partial charge < -0.3 is 29.0 Å². The van der Waals surface area contributed by atoms with Crippen LogP contribution in [0.3, 0.4) is 0 Å². The molecule has 17 heteroatoms. The number of amides is 5. The van der Waals surface area contributed by atoms with Crippen molar-refractivity contribution >= 4 is 42.0 Å². The van der Waals surface area contributed by atoms with Gasteiger partial charge in [0.05, 0.1) is 17.7 Å². The Morgan fingerprint density at radius 2 is 1.31 bits per heavy atom. The molecule has 0 fully saturated rings. The number of nitrogens with one attached hydrogen (secondary N) is 1. The maximum atomic E-state index is 13.8. The lowest BCUT2D eigenvalue weighted by Gasteiger charge is -2.38. The molecule has 2 atom stereocenters. The summed E-state index contributed by atoms with van der Waals surface area (Å²) in [6.07, 6.45) is -3.70. The number of esters is 1. The van der Waals surface area contributed by atoms with Gasteiger partial charge in [0.2, 0.25) is 12.1 Å². The maximum absolute atomic E-state index is 13.8. The number of imide groups is 1. The number of fused-ring (bicyclic) bond motifs is 1. The van der Waals surface area contributed by atoms with Gasteiger partial charge in [-0.05, 0) is 113 Å². The number of ether oxygens (including phenoxy) is 5. The molecule has 2 heterocycles. The SMILES string of the molecule is CC(C)(C)OC(=O)NCCN(C(=O)OC(C)(C)C)C1=NCC(c2ccc(OC[C@H](ON3C(=O)c4ccccc4C3=O)C(=O)OC(C)(C)C)cc2)CN1C(=O)OC(C)(C)C. The number of carbonyl (C=O) groups excluding carboxylic acids is 6. The fourth-order valence-electron chi connectivity index (χ4n) is 5.63. The van der Waals surface area contributed by atoms with Crippen molar-refractivity contribution in [3.8, 4) is 5.75 Å². The van der Waals surface area contributed by atoms with Gasteiger partial charge in [0.25, 0.3) is 11.8 Å². The van der Waals surface area contributed by atoms with Gasteiger partial charge >= 0.3 is 24.2 Å². The molecule has 0 saturated carbocycles. The van der Waals surface area contributed by atoms with Crippen LogP contribution in [0, 0.1) is 0 Å². The Balaban J connectivity index is 1.55. The molecule has 0 radical (unpaired) electrons. The zero-order valence-corrected chi connectivity index (χ0v) is 36.0. The summed E-state index contributed by atoms with van der Waals surface area (Å²) < 4.78 is 28.2. The van der Waals surface area contributed by atoms with Crippen molar-refractivity contribution in [1.29, 1.82) is 0 Å². The van der Waals surface area contributed by atoms with Crippen LogP contribution >= 0.6 is 0 Å². The van der Waals surface area contributed by atoms with E-state index in [1.165, 1.54) is 21.9 Å². The molecule has 2 aliphatic heterocycles. The number of hydroxylamine groups is 2. The second kappa shape index (κ2) is 18.1. The molecule has 0 bridgehead atoms. The monoisotopic (exact) mass is 823 g/mol. The van der Waals surface area contributed by atoms with E-state index < -0.39 is 71.2 Å². The van der Waals surface area contributed by atoms with Crippen molar-refractivity contribution in [2.75, 3.05) is 32.8 Å². The lowest BCUT2D eigenvalue weighted by Crippen LogP contribution is -2.56. The Morgan fingerprint density at radius 1 is 0.763 bits per heavy atom. The predicted molar refractivity (Wildman–Crippen MR) is 215 cm³/mol. The summed E-state index contributed by atoms with van der Waals surface area (Å²) in [5.41, 5.74) is -2.36. The Kier molecular flexibility index (Phi) is 14.1. The van der Waals surface area contributed by atoms with E-state index in [-0.39, 0.29) is 49.2 Å². The van der Waals surface area contributed by atoms with Gasteiger partial charge in [-0.25, -0.2) is 33.8 Å². The van der Waals surface area contributed by atoms with E-state index in [1.54, 1.807) is 119 Å². The first-order chi connectivity index (χ1) is 27.2. The molecular weight excluding hydrogens is 766 g/mol. The van der Waals surface area contributed by atoms with Crippen LogP contribution in [0.1, 0.15) is 115 Å². The average Bonchev–Trinajstić information content (AvgIpc) is 3.33. The van der Waals surface area contributed by atoms with Crippen LogP contribution in [0.25, 0.3) is 0 Å². The van der Waals surface area contributed by atoms with E-state index in [0.29, 0.717) is 10.8 Å². The normalized spacial score (nSPS) is 16.4. The summed E-state index contributed by atoms with van der Waals surface area (Å²) in [7, 11) is 0. The third-order valence-corrected chi connectivity index (χ3v) is 7.98. The molecule has 59 heavy (non-hydrogen) atoms. The van der Waals surface area contributed by atoms with Gasteiger partial charge in [-0.2, -0.15) is 0 Å². The average molecular weight is 824 g/mol. The number of carbonyl (C=O) groups is 6. The number of benzene rings is 2. The number of nitrogens with zero attached hydrogens (tertiary/aromatic N) is 4. The Bertz CT molecular complexity index is 1880. The van der Waals surface area contributed by atoms with E-state index in [0.717, 1.165) is 5.56 Å². The molecule has 2 aliphatic rings. The van der Waals surface area contributed by atoms with E-state index in [9.17, 15) is 28.8 Å². The second-order valence-corrected chi connectivity index (χ2v) is 17.9. The van der Waals surface area contributed by atoms with Crippen molar-refractivity contribution in [3.05, 3.63) is 65.2 Å². The van der Waals surface area contributed by atoms with Crippen molar-refractivity contribution in [1.82, 2.24) is 20.2 Å². The maximum Gasteiger partial charge on any atom is 0.417 e. The molecule has 0 saturated heterocycles. The van der Waals surface area contributed by atoms with Crippen LogP contribution in [0.15, 0.2) is 53.5 Å². The number of hydrogen-bond acceptors (Lipinski definition) is 13. The number of rotatable bonds is 10. The van der Waals surface area contributed by atoms with Crippen LogP contribution < -0.4 is 10.1 Å². The molecule has 0 spiro atoms. The van der Waals surface area contributed by atoms with E-state index in [2.05, 4.69) is 5.32 Å². The summed E-state index contributed by atoms with van der Waals surface area (Å²) in [5.74, 6) is -2.33. The molecule has 322 valence electrons. The summed E-state index contributed by atoms with van der Waals surface area (Å²) >= 11 is 0.